The van der Waals surface area contributed by atoms with Gasteiger partial charge in [0.2, 0.25) is 5.95 Å². The molecule has 0 aliphatic heterocycles. The van der Waals surface area contributed by atoms with Gasteiger partial charge in [-0.15, -0.1) is 11.3 Å². The highest BCUT2D eigenvalue weighted by Gasteiger charge is 2.23. The number of hydrogen-bond acceptors (Lipinski definition) is 6. The summed E-state index contributed by atoms with van der Waals surface area (Å²) in [7, 11) is -3.97. The SMILES string of the molecule is O=S(=O)(Nc1nc(Cl)c2[nH]cnc2n1)c1cc(Cl)sc1Cl. The smallest absolute Gasteiger partial charge is 0.266 e. The molecule has 2 N–H and O–H groups in total. The van der Waals surface area contributed by atoms with Gasteiger partial charge in [0.25, 0.3) is 10.0 Å². The van der Waals surface area contributed by atoms with Crippen LogP contribution in [0.25, 0.3) is 11.2 Å². The molecular weight excluding hydrogens is 381 g/mol. The zero-order valence-electron chi connectivity index (χ0n) is 9.76. The highest BCUT2D eigenvalue weighted by molar-refractivity contribution is 7.93. The lowest BCUT2D eigenvalue weighted by Gasteiger charge is -2.05. The first-order valence-corrected chi connectivity index (χ1v) is 8.64. The van der Waals surface area contributed by atoms with E-state index in [-0.39, 0.29) is 30.3 Å². The fraction of sp³-hybridized carbons (Fsp3) is 0. The third-order valence-corrected chi connectivity index (χ3v) is 5.74. The molecule has 0 unspecified atom stereocenters. The van der Waals surface area contributed by atoms with Gasteiger partial charge in [-0.05, 0) is 6.07 Å². The van der Waals surface area contributed by atoms with Crippen molar-refractivity contribution in [1.29, 1.82) is 0 Å². The fourth-order valence-electron chi connectivity index (χ4n) is 1.53. The van der Waals surface area contributed by atoms with Crippen molar-refractivity contribution in [2.45, 2.75) is 4.90 Å². The van der Waals surface area contributed by atoms with Crippen molar-refractivity contribution >= 4 is 73.3 Å². The third kappa shape index (κ3) is 2.79. The van der Waals surface area contributed by atoms with Gasteiger partial charge in [0, 0.05) is 0 Å². The van der Waals surface area contributed by atoms with E-state index in [9.17, 15) is 8.42 Å². The predicted octanol–water partition coefficient (Wildman–Crippen LogP) is 3.18. The molecule has 0 atom stereocenters. The summed E-state index contributed by atoms with van der Waals surface area (Å²) in [6.45, 7) is 0. The van der Waals surface area contributed by atoms with Gasteiger partial charge in [0.1, 0.15) is 14.7 Å². The molecule has 0 aromatic carbocycles. The van der Waals surface area contributed by atoms with Crippen LogP contribution in [0.1, 0.15) is 0 Å². The molecular formula is C9H4Cl3N5O2S2. The summed E-state index contributed by atoms with van der Waals surface area (Å²) < 4.78 is 26.9. The first-order chi connectivity index (χ1) is 9.87. The maximum atomic E-state index is 12.2. The first-order valence-electron chi connectivity index (χ1n) is 5.21. The van der Waals surface area contributed by atoms with Crippen LogP contribution in [-0.4, -0.2) is 28.4 Å². The second-order valence-corrected chi connectivity index (χ2v) is 8.03. The van der Waals surface area contributed by atoms with Crippen LogP contribution in [0.15, 0.2) is 17.3 Å². The van der Waals surface area contributed by atoms with Crippen molar-refractivity contribution in [3.8, 4) is 0 Å². The molecule has 0 amide bonds. The normalized spacial score (nSPS) is 12.0. The topological polar surface area (TPSA) is 101 Å². The Hall–Kier alpha value is -1.13. The molecule has 0 aliphatic carbocycles. The van der Waals surface area contributed by atoms with Gasteiger partial charge in [0.15, 0.2) is 10.8 Å². The number of imidazole rings is 1. The van der Waals surface area contributed by atoms with E-state index in [2.05, 4.69) is 24.7 Å². The second kappa shape index (κ2) is 5.25. The molecule has 3 aromatic rings. The minimum atomic E-state index is -3.97. The summed E-state index contributed by atoms with van der Waals surface area (Å²) in [4.78, 5) is 14.3. The van der Waals surface area contributed by atoms with Crippen LogP contribution in [0.5, 0.6) is 0 Å². The number of rotatable bonds is 3. The first kappa shape index (κ1) is 14.8. The van der Waals surface area contributed by atoms with Crippen molar-refractivity contribution in [3.05, 3.63) is 26.2 Å². The van der Waals surface area contributed by atoms with Gasteiger partial charge < -0.3 is 4.98 Å². The van der Waals surface area contributed by atoms with Crippen molar-refractivity contribution in [1.82, 2.24) is 19.9 Å². The molecule has 0 saturated carbocycles. The van der Waals surface area contributed by atoms with Gasteiger partial charge in [-0.2, -0.15) is 9.97 Å². The minimum Gasteiger partial charge on any atom is -0.341 e. The second-order valence-electron chi connectivity index (χ2n) is 3.73. The molecule has 110 valence electrons. The van der Waals surface area contributed by atoms with Crippen LogP contribution < -0.4 is 4.72 Å². The Bertz CT molecular complexity index is 936. The lowest BCUT2D eigenvalue weighted by molar-refractivity contribution is 0.601. The van der Waals surface area contributed by atoms with Crippen LogP contribution in [0.4, 0.5) is 5.95 Å². The Labute approximate surface area is 137 Å². The maximum absolute atomic E-state index is 12.2. The Morgan fingerprint density at radius 3 is 2.67 bits per heavy atom. The Balaban J connectivity index is 2.03. The standard InChI is InChI=1S/C9H4Cl3N5O2S2/c10-4-1-3(7(12)20-4)21(18,19)17-9-15-6(11)5-8(16-9)14-2-13-5/h1-2H,(H2,13,14,15,16,17). The highest BCUT2D eigenvalue weighted by Crippen LogP contribution is 2.35. The zero-order chi connectivity index (χ0) is 15.2. The van der Waals surface area contributed by atoms with E-state index < -0.39 is 10.0 Å². The quantitative estimate of drug-likeness (QED) is 0.675. The summed E-state index contributed by atoms with van der Waals surface area (Å²) in [5.41, 5.74) is 0.651. The van der Waals surface area contributed by atoms with Gasteiger partial charge in [-0.25, -0.2) is 18.1 Å². The number of nitrogens with one attached hydrogen (secondary N) is 2. The monoisotopic (exact) mass is 383 g/mol. The molecule has 3 rings (SSSR count). The van der Waals surface area contributed by atoms with E-state index in [1.165, 1.54) is 12.4 Å². The molecule has 3 aromatic heterocycles. The Morgan fingerprint density at radius 2 is 2.00 bits per heavy atom. The average Bonchev–Trinajstić information content (AvgIpc) is 2.95. The molecule has 0 aliphatic rings. The molecule has 3 heterocycles. The lowest BCUT2D eigenvalue weighted by atomic mass is 10.6. The largest absolute Gasteiger partial charge is 0.341 e. The Kier molecular flexibility index (Phi) is 3.70. The van der Waals surface area contributed by atoms with E-state index >= 15 is 0 Å². The lowest BCUT2D eigenvalue weighted by Crippen LogP contribution is -2.15. The van der Waals surface area contributed by atoms with E-state index in [0.717, 1.165) is 11.3 Å². The third-order valence-electron chi connectivity index (χ3n) is 2.38. The molecule has 0 fully saturated rings. The van der Waals surface area contributed by atoms with Crippen LogP contribution >= 0.6 is 46.1 Å². The molecule has 21 heavy (non-hydrogen) atoms. The Morgan fingerprint density at radius 1 is 1.24 bits per heavy atom. The number of thiophene rings is 1. The van der Waals surface area contributed by atoms with E-state index in [1.54, 1.807) is 0 Å². The summed E-state index contributed by atoms with van der Waals surface area (Å²) in [5.74, 6) is -0.210. The molecule has 0 saturated heterocycles. The van der Waals surface area contributed by atoms with Crippen LogP contribution in [0.2, 0.25) is 13.8 Å². The number of H-pyrrole nitrogens is 1. The highest BCUT2D eigenvalue weighted by atomic mass is 35.5. The minimum absolute atomic E-state index is 0.0412. The summed E-state index contributed by atoms with van der Waals surface area (Å²) in [5, 5.41) is 0.0460. The number of hydrogen-bond donors (Lipinski definition) is 2. The molecule has 0 bridgehead atoms. The van der Waals surface area contributed by atoms with E-state index in [4.69, 9.17) is 34.8 Å². The molecule has 7 nitrogen and oxygen atoms in total. The van der Waals surface area contributed by atoms with Gasteiger partial charge in [-0.1, -0.05) is 34.8 Å². The number of nitrogens with zero attached hydrogens (tertiary/aromatic N) is 3. The summed E-state index contributed by atoms with van der Waals surface area (Å²) >= 11 is 18.4. The van der Waals surface area contributed by atoms with Gasteiger partial charge in [0.05, 0.1) is 10.7 Å². The summed E-state index contributed by atoms with van der Waals surface area (Å²) in [6.07, 6.45) is 1.37. The zero-order valence-corrected chi connectivity index (χ0v) is 13.7. The van der Waals surface area contributed by atoms with Gasteiger partial charge >= 0.3 is 0 Å². The predicted molar refractivity (Wildman–Crippen MR) is 81.8 cm³/mol. The number of halogens is 3. The number of aromatic amines is 1. The number of fused-ring (bicyclic) bond motifs is 1. The average molecular weight is 385 g/mol. The van der Waals surface area contributed by atoms with Gasteiger partial charge in [-0.3, -0.25) is 0 Å². The van der Waals surface area contributed by atoms with Crippen LogP contribution in [0, 0.1) is 0 Å². The van der Waals surface area contributed by atoms with Crippen LogP contribution in [-0.2, 0) is 10.0 Å². The van der Waals surface area contributed by atoms with Crippen molar-refractivity contribution in [3.63, 3.8) is 0 Å². The maximum Gasteiger partial charge on any atom is 0.266 e. The summed E-state index contributed by atoms with van der Waals surface area (Å²) in [6, 6.07) is 1.24. The molecule has 0 radical (unpaired) electrons. The molecule has 0 spiro atoms. The van der Waals surface area contributed by atoms with E-state index in [0.29, 0.717) is 5.52 Å². The van der Waals surface area contributed by atoms with Crippen LogP contribution in [0.3, 0.4) is 0 Å². The number of anilines is 1. The van der Waals surface area contributed by atoms with E-state index in [1.807, 2.05) is 0 Å². The molecule has 12 heteroatoms. The van der Waals surface area contributed by atoms with Crippen molar-refractivity contribution in [2.24, 2.45) is 0 Å². The van der Waals surface area contributed by atoms with Crippen molar-refractivity contribution in [2.75, 3.05) is 4.72 Å². The number of aromatic nitrogens is 4. The number of sulfonamides is 1. The van der Waals surface area contributed by atoms with Crippen molar-refractivity contribution < 1.29 is 8.42 Å². The fourth-order valence-corrected chi connectivity index (χ4v) is 4.84.